The third-order valence-corrected chi connectivity index (χ3v) is 4.06. The number of nitrogens with zero attached hydrogens (tertiary/aromatic N) is 1. The molecule has 5 heteroatoms. The van der Waals surface area contributed by atoms with Crippen LogP contribution in [0.25, 0.3) is 0 Å². The Balaban J connectivity index is 1.84. The van der Waals surface area contributed by atoms with Gasteiger partial charge in [0.15, 0.2) is 5.76 Å². The molecular weight excluding hydrogens is 286 g/mol. The summed E-state index contributed by atoms with van der Waals surface area (Å²) in [5.74, 6) is 1.02. The van der Waals surface area contributed by atoms with E-state index in [1.807, 2.05) is 36.6 Å². The van der Waals surface area contributed by atoms with Crippen molar-refractivity contribution in [3.63, 3.8) is 0 Å². The highest BCUT2D eigenvalue weighted by atomic mass is 32.1. The fraction of sp³-hybridized carbons (Fsp3) is 0.188. The highest BCUT2D eigenvalue weighted by Crippen LogP contribution is 2.19. The Morgan fingerprint density at radius 2 is 2.05 bits per heavy atom. The zero-order valence-electron chi connectivity index (χ0n) is 11.6. The van der Waals surface area contributed by atoms with E-state index in [1.165, 1.54) is 0 Å². The molecule has 0 bridgehead atoms. The van der Waals surface area contributed by atoms with Crippen molar-refractivity contribution >= 4 is 17.2 Å². The monoisotopic (exact) mass is 301 g/mol. The Morgan fingerprint density at radius 3 is 2.67 bits per heavy atom. The average molecular weight is 301 g/mol. The molecule has 0 aliphatic heterocycles. The van der Waals surface area contributed by atoms with Gasteiger partial charge in [-0.2, -0.15) is 0 Å². The van der Waals surface area contributed by atoms with Crippen molar-refractivity contribution in [3.05, 3.63) is 70.2 Å². The van der Waals surface area contributed by atoms with Crippen molar-refractivity contribution in [3.8, 4) is 0 Å². The first-order chi connectivity index (χ1) is 10.2. The first-order valence-corrected chi connectivity index (χ1v) is 7.50. The molecule has 0 spiro atoms. The molecule has 21 heavy (non-hydrogen) atoms. The highest BCUT2D eigenvalue weighted by Gasteiger charge is 2.22. The summed E-state index contributed by atoms with van der Waals surface area (Å²) in [6, 6.07) is 9.48. The van der Waals surface area contributed by atoms with Gasteiger partial charge in [0.25, 0.3) is 5.91 Å². The van der Waals surface area contributed by atoms with Crippen LogP contribution in [0.15, 0.2) is 57.1 Å². The molecule has 0 fully saturated rings. The fourth-order valence-corrected chi connectivity index (χ4v) is 2.84. The summed E-state index contributed by atoms with van der Waals surface area (Å²) >= 11 is 1.63. The molecule has 0 aromatic carbocycles. The van der Waals surface area contributed by atoms with Crippen molar-refractivity contribution in [2.75, 3.05) is 0 Å². The number of furan rings is 2. The zero-order valence-corrected chi connectivity index (χ0v) is 12.4. The summed E-state index contributed by atoms with van der Waals surface area (Å²) in [4.78, 5) is 15.5. The van der Waals surface area contributed by atoms with Crippen molar-refractivity contribution in [1.82, 2.24) is 4.90 Å². The van der Waals surface area contributed by atoms with Gasteiger partial charge < -0.3 is 13.7 Å². The standard InChI is InChI=1S/C16H15NO3S/c1-12-6-8-20-15(12)16(18)17(10-13-4-2-7-19-13)11-14-5-3-9-21-14/h2-9H,10-11H2,1H3. The minimum absolute atomic E-state index is 0.123. The van der Waals surface area contributed by atoms with Crippen molar-refractivity contribution in [2.45, 2.75) is 20.0 Å². The van der Waals surface area contributed by atoms with Gasteiger partial charge in [-0.15, -0.1) is 11.3 Å². The van der Waals surface area contributed by atoms with E-state index in [4.69, 9.17) is 8.83 Å². The molecule has 1 amide bonds. The predicted octanol–water partition coefficient (Wildman–Crippen LogP) is 4.09. The number of amides is 1. The molecule has 3 rings (SSSR count). The van der Waals surface area contributed by atoms with Crippen LogP contribution in [-0.2, 0) is 13.1 Å². The molecule has 0 saturated heterocycles. The first kappa shape index (κ1) is 13.7. The van der Waals surface area contributed by atoms with Crippen LogP contribution in [0.5, 0.6) is 0 Å². The van der Waals surface area contributed by atoms with Crippen LogP contribution < -0.4 is 0 Å². The summed E-state index contributed by atoms with van der Waals surface area (Å²) in [6.45, 7) is 2.83. The molecular formula is C16H15NO3S. The predicted molar refractivity (Wildman–Crippen MR) is 80.0 cm³/mol. The van der Waals surface area contributed by atoms with Crippen LogP contribution in [0.4, 0.5) is 0 Å². The SMILES string of the molecule is Cc1ccoc1C(=O)N(Cc1ccco1)Cc1cccs1. The van der Waals surface area contributed by atoms with E-state index in [0.717, 1.165) is 16.2 Å². The molecule has 3 heterocycles. The molecule has 3 aromatic rings. The number of rotatable bonds is 5. The minimum Gasteiger partial charge on any atom is -0.467 e. The van der Waals surface area contributed by atoms with Gasteiger partial charge in [-0.05, 0) is 36.6 Å². The third-order valence-electron chi connectivity index (χ3n) is 3.20. The quantitative estimate of drug-likeness (QED) is 0.713. The van der Waals surface area contributed by atoms with Gasteiger partial charge in [0.1, 0.15) is 5.76 Å². The van der Waals surface area contributed by atoms with E-state index in [0.29, 0.717) is 18.8 Å². The Morgan fingerprint density at radius 1 is 1.14 bits per heavy atom. The van der Waals surface area contributed by atoms with E-state index in [1.54, 1.807) is 34.8 Å². The van der Waals surface area contributed by atoms with Crippen LogP contribution in [0, 0.1) is 6.92 Å². The normalized spacial score (nSPS) is 10.7. The largest absolute Gasteiger partial charge is 0.467 e. The maximum Gasteiger partial charge on any atom is 0.290 e. The molecule has 0 N–H and O–H groups in total. The van der Waals surface area contributed by atoms with Crippen LogP contribution in [0.3, 0.4) is 0 Å². The van der Waals surface area contributed by atoms with Gasteiger partial charge in [-0.1, -0.05) is 6.07 Å². The second kappa shape index (κ2) is 6.01. The zero-order chi connectivity index (χ0) is 14.7. The van der Waals surface area contributed by atoms with Crippen molar-refractivity contribution in [1.29, 1.82) is 0 Å². The Bertz CT molecular complexity index is 662. The maximum atomic E-state index is 12.7. The summed E-state index contributed by atoms with van der Waals surface area (Å²) in [7, 11) is 0. The summed E-state index contributed by atoms with van der Waals surface area (Å²) in [5, 5.41) is 2.00. The van der Waals surface area contributed by atoms with E-state index in [9.17, 15) is 4.79 Å². The lowest BCUT2D eigenvalue weighted by Crippen LogP contribution is -2.29. The molecule has 0 atom stereocenters. The molecule has 0 saturated carbocycles. The van der Waals surface area contributed by atoms with E-state index in [2.05, 4.69) is 0 Å². The lowest BCUT2D eigenvalue weighted by molar-refractivity contribution is 0.0686. The number of aryl methyl sites for hydroxylation is 1. The molecule has 4 nitrogen and oxygen atoms in total. The number of carbonyl (C=O) groups excluding carboxylic acids is 1. The van der Waals surface area contributed by atoms with Gasteiger partial charge in [0.05, 0.1) is 25.6 Å². The number of hydrogen-bond donors (Lipinski definition) is 0. The molecule has 0 aliphatic rings. The Hall–Kier alpha value is -2.27. The summed E-state index contributed by atoms with van der Waals surface area (Å²) in [6.07, 6.45) is 3.15. The fourth-order valence-electron chi connectivity index (χ4n) is 2.12. The molecule has 3 aromatic heterocycles. The number of thiophene rings is 1. The van der Waals surface area contributed by atoms with Gasteiger partial charge in [0, 0.05) is 10.4 Å². The number of carbonyl (C=O) groups is 1. The third kappa shape index (κ3) is 3.08. The van der Waals surface area contributed by atoms with Gasteiger partial charge in [-0.25, -0.2) is 0 Å². The second-order valence-electron chi connectivity index (χ2n) is 4.75. The first-order valence-electron chi connectivity index (χ1n) is 6.62. The topological polar surface area (TPSA) is 46.6 Å². The summed E-state index contributed by atoms with van der Waals surface area (Å²) in [5.41, 5.74) is 0.843. The van der Waals surface area contributed by atoms with Crippen LogP contribution >= 0.6 is 11.3 Å². The van der Waals surface area contributed by atoms with Crippen LogP contribution in [0.2, 0.25) is 0 Å². The maximum absolute atomic E-state index is 12.7. The average Bonchev–Trinajstić information content (AvgIpc) is 3.19. The summed E-state index contributed by atoms with van der Waals surface area (Å²) < 4.78 is 10.7. The van der Waals surface area contributed by atoms with Crippen LogP contribution in [0.1, 0.15) is 26.8 Å². The second-order valence-corrected chi connectivity index (χ2v) is 5.78. The Kier molecular flexibility index (Phi) is 3.92. The van der Waals surface area contributed by atoms with Crippen LogP contribution in [-0.4, -0.2) is 10.8 Å². The minimum atomic E-state index is -0.123. The molecule has 108 valence electrons. The van der Waals surface area contributed by atoms with Gasteiger partial charge in [-0.3, -0.25) is 4.79 Å². The Labute approximate surface area is 126 Å². The number of hydrogen-bond acceptors (Lipinski definition) is 4. The molecule has 0 radical (unpaired) electrons. The smallest absolute Gasteiger partial charge is 0.290 e. The molecule has 0 unspecified atom stereocenters. The molecule has 0 aliphatic carbocycles. The van der Waals surface area contributed by atoms with E-state index in [-0.39, 0.29) is 5.91 Å². The van der Waals surface area contributed by atoms with Crippen molar-refractivity contribution < 1.29 is 13.6 Å². The van der Waals surface area contributed by atoms with E-state index >= 15 is 0 Å². The van der Waals surface area contributed by atoms with Gasteiger partial charge in [0.2, 0.25) is 0 Å². The van der Waals surface area contributed by atoms with Gasteiger partial charge >= 0.3 is 0 Å². The lowest BCUT2D eigenvalue weighted by atomic mass is 10.2. The van der Waals surface area contributed by atoms with Crippen molar-refractivity contribution in [2.24, 2.45) is 0 Å². The highest BCUT2D eigenvalue weighted by molar-refractivity contribution is 7.09. The lowest BCUT2D eigenvalue weighted by Gasteiger charge is -2.20. The van der Waals surface area contributed by atoms with E-state index < -0.39 is 0 Å².